The van der Waals surface area contributed by atoms with E-state index < -0.39 is 0 Å². The van der Waals surface area contributed by atoms with E-state index in [0.717, 1.165) is 22.0 Å². The molecule has 0 bridgehead atoms. The van der Waals surface area contributed by atoms with Gasteiger partial charge in [0.25, 0.3) is 0 Å². The average molecular weight is 246 g/mol. The Hall–Kier alpha value is -1.31. The van der Waals surface area contributed by atoms with Crippen LogP contribution in [0.15, 0.2) is 29.6 Å². The van der Waals surface area contributed by atoms with E-state index in [2.05, 4.69) is 17.3 Å². The van der Waals surface area contributed by atoms with E-state index in [1.807, 2.05) is 23.6 Å². The second-order valence-electron chi connectivity index (χ2n) is 3.25. The number of thioether (sulfide) groups is 1. The average Bonchev–Trinajstić information content (AvgIpc) is 2.78. The van der Waals surface area contributed by atoms with Crippen molar-refractivity contribution in [1.82, 2.24) is 4.98 Å². The maximum atomic E-state index is 8.83. The van der Waals surface area contributed by atoms with E-state index in [0.29, 0.717) is 5.56 Å². The Balaban J connectivity index is 2.32. The summed E-state index contributed by atoms with van der Waals surface area (Å²) in [4.78, 5) is 4.53. The third-order valence-corrected chi connectivity index (χ3v) is 3.70. The lowest BCUT2D eigenvalue weighted by Gasteiger charge is -1.96. The van der Waals surface area contributed by atoms with Gasteiger partial charge in [-0.05, 0) is 18.4 Å². The van der Waals surface area contributed by atoms with Crippen molar-refractivity contribution >= 4 is 23.1 Å². The Labute approximate surface area is 103 Å². The lowest BCUT2D eigenvalue weighted by molar-refractivity contribution is 1.27. The standard InChI is InChI=1S/C12H10N2S2/c1-15-8-12-14-11(7-16-12)10-4-2-3-9(5-10)6-13/h2-5,7H,8H2,1H3. The molecule has 0 atom stereocenters. The zero-order chi connectivity index (χ0) is 11.4. The van der Waals surface area contributed by atoms with Crippen molar-refractivity contribution in [3.05, 3.63) is 40.2 Å². The van der Waals surface area contributed by atoms with Crippen LogP contribution in [0.1, 0.15) is 10.6 Å². The van der Waals surface area contributed by atoms with Gasteiger partial charge in [0.1, 0.15) is 5.01 Å². The van der Waals surface area contributed by atoms with Crippen molar-refractivity contribution in [2.45, 2.75) is 5.75 Å². The van der Waals surface area contributed by atoms with E-state index in [1.165, 1.54) is 0 Å². The van der Waals surface area contributed by atoms with E-state index in [1.54, 1.807) is 29.2 Å². The molecule has 0 radical (unpaired) electrons. The molecule has 2 aromatic rings. The molecule has 0 amide bonds. The number of aromatic nitrogens is 1. The summed E-state index contributed by atoms with van der Waals surface area (Å²) in [6.45, 7) is 0. The highest BCUT2D eigenvalue weighted by molar-refractivity contribution is 7.97. The fourth-order valence-corrected chi connectivity index (χ4v) is 2.91. The lowest BCUT2D eigenvalue weighted by atomic mass is 10.1. The van der Waals surface area contributed by atoms with E-state index in [-0.39, 0.29) is 0 Å². The number of nitriles is 1. The predicted octanol–water partition coefficient (Wildman–Crippen LogP) is 3.54. The fourth-order valence-electron chi connectivity index (χ4n) is 1.38. The SMILES string of the molecule is CSCc1nc(-c2cccc(C#N)c2)cs1. The minimum Gasteiger partial charge on any atom is -0.240 e. The molecule has 1 aromatic heterocycles. The van der Waals surface area contributed by atoms with Gasteiger partial charge in [0.05, 0.1) is 17.3 Å². The van der Waals surface area contributed by atoms with Crippen LogP contribution in [0.25, 0.3) is 11.3 Å². The summed E-state index contributed by atoms with van der Waals surface area (Å²) < 4.78 is 0. The third-order valence-electron chi connectivity index (χ3n) is 2.11. The molecular weight excluding hydrogens is 236 g/mol. The molecule has 4 heteroatoms. The molecule has 0 saturated heterocycles. The van der Waals surface area contributed by atoms with E-state index >= 15 is 0 Å². The van der Waals surface area contributed by atoms with Crippen LogP contribution in [0.3, 0.4) is 0 Å². The highest BCUT2D eigenvalue weighted by Crippen LogP contribution is 2.24. The Kier molecular flexibility index (Phi) is 3.60. The van der Waals surface area contributed by atoms with Crippen molar-refractivity contribution in [3.8, 4) is 17.3 Å². The molecule has 0 aliphatic carbocycles. The van der Waals surface area contributed by atoms with Crippen LogP contribution in [0.2, 0.25) is 0 Å². The summed E-state index contributed by atoms with van der Waals surface area (Å²) >= 11 is 3.43. The van der Waals surface area contributed by atoms with E-state index in [9.17, 15) is 0 Å². The number of benzene rings is 1. The normalized spacial score (nSPS) is 10.0. The first-order valence-electron chi connectivity index (χ1n) is 4.77. The Morgan fingerprint density at radius 1 is 1.50 bits per heavy atom. The van der Waals surface area contributed by atoms with Gasteiger partial charge in [0.15, 0.2) is 0 Å². The van der Waals surface area contributed by atoms with Crippen LogP contribution >= 0.6 is 23.1 Å². The minimum atomic E-state index is 0.678. The molecule has 0 fully saturated rings. The topological polar surface area (TPSA) is 36.7 Å². The van der Waals surface area contributed by atoms with Gasteiger partial charge in [-0.2, -0.15) is 17.0 Å². The lowest BCUT2D eigenvalue weighted by Crippen LogP contribution is -1.82. The maximum absolute atomic E-state index is 8.83. The van der Waals surface area contributed by atoms with Crippen molar-refractivity contribution < 1.29 is 0 Å². The minimum absolute atomic E-state index is 0.678. The Bertz CT molecular complexity index is 526. The second-order valence-corrected chi connectivity index (χ2v) is 5.06. The molecule has 0 spiro atoms. The monoisotopic (exact) mass is 246 g/mol. The zero-order valence-corrected chi connectivity index (χ0v) is 10.4. The summed E-state index contributed by atoms with van der Waals surface area (Å²) in [6, 6.07) is 9.69. The molecule has 1 heterocycles. The molecule has 2 nitrogen and oxygen atoms in total. The summed E-state index contributed by atoms with van der Waals surface area (Å²) in [7, 11) is 0. The molecule has 80 valence electrons. The summed E-state index contributed by atoms with van der Waals surface area (Å²) in [6.07, 6.45) is 2.07. The number of hydrogen-bond acceptors (Lipinski definition) is 4. The second kappa shape index (κ2) is 5.15. The molecule has 16 heavy (non-hydrogen) atoms. The maximum Gasteiger partial charge on any atom is 0.103 e. The largest absolute Gasteiger partial charge is 0.240 e. The first kappa shape index (κ1) is 11.2. The highest BCUT2D eigenvalue weighted by atomic mass is 32.2. The van der Waals surface area contributed by atoms with E-state index in [4.69, 9.17) is 5.26 Å². The summed E-state index contributed by atoms with van der Waals surface area (Å²) in [5, 5.41) is 12.0. The van der Waals surface area contributed by atoms with Gasteiger partial charge in [0.2, 0.25) is 0 Å². The number of thiazole rings is 1. The molecule has 1 aromatic carbocycles. The fraction of sp³-hybridized carbons (Fsp3) is 0.167. The third kappa shape index (κ3) is 2.43. The molecule has 2 rings (SSSR count). The van der Waals surface area contributed by atoms with Crippen LogP contribution in [0.4, 0.5) is 0 Å². The van der Waals surface area contributed by atoms with Gasteiger partial charge in [-0.15, -0.1) is 11.3 Å². The predicted molar refractivity (Wildman–Crippen MR) is 69.5 cm³/mol. The van der Waals surface area contributed by atoms with Gasteiger partial charge in [-0.25, -0.2) is 4.98 Å². The number of nitrogens with zero attached hydrogens (tertiary/aromatic N) is 2. The van der Waals surface area contributed by atoms with Gasteiger partial charge >= 0.3 is 0 Å². The first-order valence-corrected chi connectivity index (χ1v) is 7.04. The van der Waals surface area contributed by atoms with Crippen molar-refractivity contribution in [2.24, 2.45) is 0 Å². The van der Waals surface area contributed by atoms with Gasteiger partial charge in [0, 0.05) is 16.7 Å². The summed E-state index contributed by atoms with van der Waals surface area (Å²) in [5.41, 5.74) is 2.66. The smallest absolute Gasteiger partial charge is 0.103 e. The van der Waals surface area contributed by atoms with Crippen molar-refractivity contribution in [1.29, 1.82) is 5.26 Å². The Morgan fingerprint density at radius 2 is 2.38 bits per heavy atom. The van der Waals surface area contributed by atoms with Gasteiger partial charge in [-0.3, -0.25) is 0 Å². The molecule has 0 unspecified atom stereocenters. The highest BCUT2D eigenvalue weighted by Gasteiger charge is 2.04. The van der Waals surface area contributed by atoms with Crippen LogP contribution in [-0.4, -0.2) is 11.2 Å². The van der Waals surface area contributed by atoms with Crippen LogP contribution < -0.4 is 0 Å². The van der Waals surface area contributed by atoms with Crippen molar-refractivity contribution in [2.75, 3.05) is 6.26 Å². The molecule has 0 aliphatic rings. The van der Waals surface area contributed by atoms with Crippen LogP contribution in [-0.2, 0) is 5.75 Å². The van der Waals surface area contributed by atoms with Gasteiger partial charge < -0.3 is 0 Å². The van der Waals surface area contributed by atoms with Crippen molar-refractivity contribution in [3.63, 3.8) is 0 Å². The molecular formula is C12H10N2S2. The quantitative estimate of drug-likeness (QED) is 0.831. The summed E-state index contributed by atoms with van der Waals surface area (Å²) in [5.74, 6) is 0.947. The molecule has 0 aliphatic heterocycles. The number of hydrogen-bond donors (Lipinski definition) is 0. The van der Waals surface area contributed by atoms with Crippen LogP contribution in [0, 0.1) is 11.3 Å². The number of rotatable bonds is 3. The van der Waals surface area contributed by atoms with Gasteiger partial charge in [-0.1, -0.05) is 12.1 Å². The first-order chi connectivity index (χ1) is 7.83. The molecule has 0 saturated carbocycles. The Morgan fingerprint density at radius 3 is 3.12 bits per heavy atom. The molecule has 0 N–H and O–H groups in total. The zero-order valence-electron chi connectivity index (χ0n) is 8.80. The van der Waals surface area contributed by atoms with Crippen LogP contribution in [0.5, 0.6) is 0 Å².